The van der Waals surface area contributed by atoms with Gasteiger partial charge in [-0.15, -0.1) is 0 Å². The predicted molar refractivity (Wildman–Crippen MR) is 68.4 cm³/mol. The second kappa shape index (κ2) is 5.46. The number of carbonyl (C=O) groups excluding carboxylic acids is 1. The molecule has 94 valence electrons. The fraction of sp³-hybridized carbons (Fsp3) is 0.231. The molecule has 0 aliphatic heterocycles. The molecule has 0 fully saturated rings. The van der Waals surface area contributed by atoms with Crippen LogP contribution in [0.3, 0.4) is 0 Å². The zero-order valence-corrected chi connectivity index (χ0v) is 10.4. The zero-order valence-electron chi connectivity index (χ0n) is 10.4. The van der Waals surface area contributed by atoms with Crippen molar-refractivity contribution < 1.29 is 9.32 Å². The lowest BCUT2D eigenvalue weighted by Gasteiger charge is -2.09. The van der Waals surface area contributed by atoms with Gasteiger partial charge in [0.05, 0.1) is 0 Å². The third kappa shape index (κ3) is 2.75. The Morgan fingerprint density at radius 3 is 2.83 bits per heavy atom. The van der Waals surface area contributed by atoms with E-state index in [0.717, 1.165) is 11.3 Å². The number of amides is 1. The van der Waals surface area contributed by atoms with Crippen LogP contribution in [0, 0.1) is 6.92 Å². The summed E-state index contributed by atoms with van der Waals surface area (Å²) in [5.74, 6) is 0.346. The monoisotopic (exact) mass is 245 g/mol. The van der Waals surface area contributed by atoms with Gasteiger partial charge in [0.1, 0.15) is 5.76 Å². The predicted octanol–water partition coefficient (Wildman–Crippen LogP) is 1.95. The summed E-state index contributed by atoms with van der Waals surface area (Å²) in [6.45, 7) is 2.44. The van der Waals surface area contributed by atoms with E-state index in [9.17, 15) is 4.79 Å². The Morgan fingerprint density at radius 1 is 1.39 bits per heavy atom. The number of rotatable bonds is 4. The van der Waals surface area contributed by atoms with Crippen molar-refractivity contribution in [1.29, 1.82) is 0 Å². The fourth-order valence-electron chi connectivity index (χ4n) is 1.65. The first-order valence-electron chi connectivity index (χ1n) is 5.68. The molecular formula is C13H15N3O2. The van der Waals surface area contributed by atoms with E-state index in [2.05, 4.69) is 15.8 Å². The maximum absolute atomic E-state index is 11.9. The van der Waals surface area contributed by atoms with Gasteiger partial charge in [-0.3, -0.25) is 4.79 Å². The number of aryl methyl sites for hydroxylation is 1. The maximum Gasteiger partial charge on any atom is 0.277 e. The molecule has 0 saturated carbocycles. The molecule has 5 nitrogen and oxygen atoms in total. The zero-order chi connectivity index (χ0) is 13.0. The van der Waals surface area contributed by atoms with E-state index in [1.807, 2.05) is 31.3 Å². The molecule has 1 amide bonds. The second-order valence-corrected chi connectivity index (χ2v) is 3.96. The third-order valence-corrected chi connectivity index (χ3v) is 2.49. The van der Waals surface area contributed by atoms with Crippen molar-refractivity contribution in [3.8, 4) is 0 Å². The molecule has 0 saturated heterocycles. The minimum absolute atomic E-state index is 0.268. The number of carbonyl (C=O) groups is 1. The highest BCUT2D eigenvalue weighted by Crippen LogP contribution is 2.16. The highest BCUT2D eigenvalue weighted by Gasteiger charge is 2.12. The van der Waals surface area contributed by atoms with Crippen LogP contribution in [0.2, 0.25) is 0 Å². The summed E-state index contributed by atoms with van der Waals surface area (Å²) in [5.41, 5.74) is 2.08. The molecule has 5 heteroatoms. The van der Waals surface area contributed by atoms with Crippen LogP contribution in [0.4, 0.5) is 5.69 Å². The van der Waals surface area contributed by atoms with Crippen LogP contribution in [0.5, 0.6) is 0 Å². The first-order chi connectivity index (χ1) is 8.70. The van der Waals surface area contributed by atoms with Crippen LogP contribution in [-0.4, -0.2) is 18.1 Å². The van der Waals surface area contributed by atoms with Gasteiger partial charge >= 0.3 is 0 Å². The van der Waals surface area contributed by atoms with E-state index in [1.54, 1.807) is 13.0 Å². The Hall–Kier alpha value is -2.14. The largest absolute Gasteiger partial charge is 0.361 e. The van der Waals surface area contributed by atoms with Crippen molar-refractivity contribution >= 4 is 11.6 Å². The molecular weight excluding hydrogens is 230 g/mol. The summed E-state index contributed by atoms with van der Waals surface area (Å²) in [7, 11) is 1.86. The lowest BCUT2D eigenvalue weighted by molar-refractivity contribution is 0.101. The molecule has 0 unspecified atom stereocenters. The summed E-state index contributed by atoms with van der Waals surface area (Å²) < 4.78 is 4.88. The molecule has 1 aromatic heterocycles. The quantitative estimate of drug-likeness (QED) is 0.864. The lowest BCUT2D eigenvalue weighted by Crippen LogP contribution is -2.15. The average molecular weight is 245 g/mol. The van der Waals surface area contributed by atoms with Gasteiger partial charge in [-0.25, -0.2) is 0 Å². The highest BCUT2D eigenvalue weighted by atomic mass is 16.5. The van der Waals surface area contributed by atoms with E-state index in [0.29, 0.717) is 12.3 Å². The molecule has 0 spiro atoms. The number of nitrogens with zero attached hydrogens (tertiary/aromatic N) is 1. The average Bonchev–Trinajstić information content (AvgIpc) is 2.79. The van der Waals surface area contributed by atoms with Gasteiger partial charge in [0.15, 0.2) is 5.69 Å². The van der Waals surface area contributed by atoms with E-state index in [-0.39, 0.29) is 11.6 Å². The molecule has 1 heterocycles. The topological polar surface area (TPSA) is 67.2 Å². The van der Waals surface area contributed by atoms with E-state index in [4.69, 9.17) is 4.52 Å². The van der Waals surface area contributed by atoms with E-state index >= 15 is 0 Å². The summed E-state index contributed by atoms with van der Waals surface area (Å²) in [6.07, 6.45) is 0. The number of benzene rings is 1. The van der Waals surface area contributed by atoms with Gasteiger partial charge in [0, 0.05) is 18.3 Å². The molecule has 18 heavy (non-hydrogen) atoms. The summed E-state index contributed by atoms with van der Waals surface area (Å²) in [4.78, 5) is 11.9. The number of nitrogens with one attached hydrogen (secondary N) is 2. The van der Waals surface area contributed by atoms with Gasteiger partial charge in [0.25, 0.3) is 5.91 Å². The highest BCUT2D eigenvalue weighted by molar-refractivity contribution is 6.03. The molecule has 0 aliphatic rings. The smallest absolute Gasteiger partial charge is 0.277 e. The van der Waals surface area contributed by atoms with Gasteiger partial charge in [-0.2, -0.15) is 0 Å². The number of anilines is 1. The van der Waals surface area contributed by atoms with Gasteiger partial charge in [-0.1, -0.05) is 23.4 Å². The SMILES string of the molecule is CNCc1ccccc1NC(=O)c1cc(C)on1. The van der Waals surface area contributed by atoms with Crippen LogP contribution in [0.25, 0.3) is 0 Å². The van der Waals surface area contributed by atoms with Crippen LogP contribution < -0.4 is 10.6 Å². The van der Waals surface area contributed by atoms with E-state index < -0.39 is 0 Å². The van der Waals surface area contributed by atoms with Gasteiger partial charge in [-0.05, 0) is 25.6 Å². The first kappa shape index (κ1) is 12.3. The van der Waals surface area contributed by atoms with Crippen molar-refractivity contribution in [3.05, 3.63) is 47.3 Å². The lowest BCUT2D eigenvalue weighted by atomic mass is 10.1. The Morgan fingerprint density at radius 2 is 2.17 bits per heavy atom. The maximum atomic E-state index is 11.9. The Bertz CT molecular complexity index is 549. The van der Waals surface area contributed by atoms with Crippen LogP contribution in [0.1, 0.15) is 21.8 Å². The molecule has 0 radical (unpaired) electrons. The van der Waals surface area contributed by atoms with Crippen molar-refractivity contribution in [1.82, 2.24) is 10.5 Å². The van der Waals surface area contributed by atoms with Crippen molar-refractivity contribution in [2.45, 2.75) is 13.5 Å². The minimum atomic E-state index is -0.268. The van der Waals surface area contributed by atoms with Gasteiger partial charge in [0.2, 0.25) is 0 Å². The molecule has 0 bridgehead atoms. The molecule has 1 aromatic carbocycles. The fourth-order valence-corrected chi connectivity index (χ4v) is 1.65. The van der Waals surface area contributed by atoms with Crippen LogP contribution in [0.15, 0.2) is 34.9 Å². The third-order valence-electron chi connectivity index (χ3n) is 2.49. The number of aromatic nitrogens is 1. The van der Waals surface area contributed by atoms with Crippen LogP contribution >= 0.6 is 0 Å². The van der Waals surface area contributed by atoms with Crippen molar-refractivity contribution in [3.63, 3.8) is 0 Å². The Labute approximate surface area is 105 Å². The Kier molecular flexibility index (Phi) is 3.74. The molecule has 2 N–H and O–H groups in total. The summed E-state index contributed by atoms with van der Waals surface area (Å²) in [6, 6.07) is 9.24. The molecule has 2 rings (SSSR count). The van der Waals surface area contributed by atoms with Gasteiger partial charge < -0.3 is 15.2 Å². The standard InChI is InChI=1S/C13H15N3O2/c1-9-7-12(16-18-9)13(17)15-11-6-4-3-5-10(11)8-14-2/h3-7,14H,8H2,1-2H3,(H,15,17). The molecule has 0 aliphatic carbocycles. The number of para-hydroxylation sites is 1. The van der Waals surface area contributed by atoms with Crippen LogP contribution in [-0.2, 0) is 6.54 Å². The van der Waals surface area contributed by atoms with Crippen molar-refractivity contribution in [2.24, 2.45) is 0 Å². The Balaban J connectivity index is 2.16. The number of hydrogen-bond donors (Lipinski definition) is 2. The van der Waals surface area contributed by atoms with Crippen molar-refractivity contribution in [2.75, 3.05) is 12.4 Å². The number of hydrogen-bond acceptors (Lipinski definition) is 4. The molecule has 2 aromatic rings. The van der Waals surface area contributed by atoms with E-state index in [1.165, 1.54) is 0 Å². The minimum Gasteiger partial charge on any atom is -0.361 e. The normalized spacial score (nSPS) is 10.3. The summed E-state index contributed by atoms with van der Waals surface area (Å²) in [5, 5.41) is 9.56. The molecule has 0 atom stereocenters. The first-order valence-corrected chi connectivity index (χ1v) is 5.68. The second-order valence-electron chi connectivity index (χ2n) is 3.96. The summed E-state index contributed by atoms with van der Waals surface area (Å²) >= 11 is 0.